The van der Waals surface area contributed by atoms with Gasteiger partial charge >= 0.3 is 0 Å². The van der Waals surface area contributed by atoms with Gasteiger partial charge in [-0.05, 0) is 56.2 Å². The standard InChI is InChI=1S/C16H20N2O/c1-10-2-5-14-15(6-10)19-16(18-14)9-11-7-12-3-4-13(8-11)17-12/h2,5-6,11-13,17H,3-4,7-9H2,1H3. The van der Waals surface area contributed by atoms with Crippen LogP contribution in [0.15, 0.2) is 22.6 Å². The Balaban J connectivity index is 1.54. The van der Waals surface area contributed by atoms with Gasteiger partial charge in [0.2, 0.25) is 0 Å². The van der Waals surface area contributed by atoms with Crippen molar-refractivity contribution in [3.8, 4) is 0 Å². The summed E-state index contributed by atoms with van der Waals surface area (Å²) in [7, 11) is 0. The molecule has 2 fully saturated rings. The summed E-state index contributed by atoms with van der Waals surface area (Å²) in [4.78, 5) is 4.63. The van der Waals surface area contributed by atoms with E-state index >= 15 is 0 Å². The van der Waals surface area contributed by atoms with Crippen molar-refractivity contribution in [1.82, 2.24) is 10.3 Å². The highest BCUT2D eigenvalue weighted by Gasteiger charge is 2.33. The van der Waals surface area contributed by atoms with Crippen molar-refractivity contribution < 1.29 is 4.42 Å². The molecule has 2 unspecified atom stereocenters. The van der Waals surface area contributed by atoms with Gasteiger partial charge < -0.3 is 9.73 Å². The number of piperidine rings is 1. The third kappa shape index (κ3) is 2.16. The van der Waals surface area contributed by atoms with Crippen LogP contribution in [0.1, 0.15) is 37.1 Å². The number of nitrogens with one attached hydrogen (secondary N) is 1. The van der Waals surface area contributed by atoms with Crippen LogP contribution in [0.2, 0.25) is 0 Å². The molecule has 2 aliphatic heterocycles. The van der Waals surface area contributed by atoms with Crippen LogP contribution in [0.5, 0.6) is 0 Å². The molecule has 0 saturated carbocycles. The van der Waals surface area contributed by atoms with Gasteiger partial charge in [-0.1, -0.05) is 6.07 Å². The Kier molecular flexibility index (Phi) is 2.62. The largest absolute Gasteiger partial charge is 0.441 e. The van der Waals surface area contributed by atoms with Gasteiger partial charge in [-0.15, -0.1) is 0 Å². The summed E-state index contributed by atoms with van der Waals surface area (Å²) in [6.07, 6.45) is 6.28. The van der Waals surface area contributed by atoms with Crippen molar-refractivity contribution >= 4 is 11.1 Å². The molecule has 2 aromatic rings. The van der Waals surface area contributed by atoms with Gasteiger partial charge in [0, 0.05) is 18.5 Å². The molecule has 0 radical (unpaired) electrons. The second kappa shape index (κ2) is 4.34. The maximum atomic E-state index is 5.91. The lowest BCUT2D eigenvalue weighted by Crippen LogP contribution is -2.38. The van der Waals surface area contributed by atoms with Crippen molar-refractivity contribution in [3.05, 3.63) is 29.7 Å². The number of benzene rings is 1. The second-order valence-corrected chi connectivity index (χ2v) is 6.26. The summed E-state index contributed by atoms with van der Waals surface area (Å²) in [5.41, 5.74) is 3.17. The number of fused-ring (bicyclic) bond motifs is 3. The third-order valence-electron chi connectivity index (χ3n) is 4.62. The summed E-state index contributed by atoms with van der Waals surface area (Å²) in [6.45, 7) is 2.09. The molecule has 3 nitrogen and oxygen atoms in total. The van der Waals surface area contributed by atoms with Crippen molar-refractivity contribution in [2.24, 2.45) is 5.92 Å². The van der Waals surface area contributed by atoms with E-state index in [2.05, 4.69) is 35.4 Å². The molecule has 100 valence electrons. The maximum absolute atomic E-state index is 5.91. The molecule has 1 N–H and O–H groups in total. The molecule has 19 heavy (non-hydrogen) atoms. The van der Waals surface area contributed by atoms with Crippen LogP contribution in [0.4, 0.5) is 0 Å². The zero-order valence-corrected chi connectivity index (χ0v) is 11.4. The Morgan fingerprint density at radius 2 is 2.05 bits per heavy atom. The van der Waals surface area contributed by atoms with Crippen molar-refractivity contribution in [3.63, 3.8) is 0 Å². The number of aromatic nitrogens is 1. The first kappa shape index (κ1) is 11.5. The summed E-state index contributed by atoms with van der Waals surface area (Å²) >= 11 is 0. The summed E-state index contributed by atoms with van der Waals surface area (Å²) < 4.78 is 5.91. The molecule has 2 bridgehead atoms. The maximum Gasteiger partial charge on any atom is 0.195 e. The zero-order valence-electron chi connectivity index (χ0n) is 11.4. The van der Waals surface area contributed by atoms with E-state index in [-0.39, 0.29) is 0 Å². The zero-order chi connectivity index (χ0) is 12.8. The Bertz CT molecular complexity index is 592. The fraction of sp³-hybridized carbons (Fsp3) is 0.562. The fourth-order valence-corrected chi connectivity index (χ4v) is 3.76. The van der Waals surface area contributed by atoms with E-state index in [1.807, 2.05) is 0 Å². The van der Waals surface area contributed by atoms with E-state index in [0.29, 0.717) is 0 Å². The predicted octanol–water partition coefficient (Wildman–Crippen LogP) is 3.21. The van der Waals surface area contributed by atoms with E-state index in [9.17, 15) is 0 Å². The van der Waals surface area contributed by atoms with Crippen LogP contribution >= 0.6 is 0 Å². The number of nitrogens with zero attached hydrogens (tertiary/aromatic N) is 1. The lowest BCUT2D eigenvalue weighted by molar-refractivity contribution is 0.284. The molecule has 4 rings (SSSR count). The van der Waals surface area contributed by atoms with Crippen LogP contribution < -0.4 is 5.32 Å². The minimum atomic E-state index is 0.743. The van der Waals surface area contributed by atoms with Crippen LogP contribution in [0, 0.1) is 12.8 Å². The van der Waals surface area contributed by atoms with Crippen LogP contribution in [-0.4, -0.2) is 17.1 Å². The summed E-state index contributed by atoms with van der Waals surface area (Å²) in [5, 5.41) is 3.69. The van der Waals surface area contributed by atoms with E-state index in [0.717, 1.165) is 41.4 Å². The molecular weight excluding hydrogens is 236 g/mol. The SMILES string of the molecule is Cc1ccc2nc(CC3CC4CCC(C3)N4)oc2c1. The molecule has 3 heteroatoms. The van der Waals surface area contributed by atoms with Crippen LogP contribution in [0.3, 0.4) is 0 Å². The molecule has 1 aromatic heterocycles. The normalized spacial score (nSPS) is 30.1. The highest BCUT2D eigenvalue weighted by molar-refractivity contribution is 5.73. The molecule has 1 aromatic carbocycles. The Morgan fingerprint density at radius 1 is 1.26 bits per heavy atom. The van der Waals surface area contributed by atoms with Gasteiger partial charge in [-0.25, -0.2) is 4.98 Å². The highest BCUT2D eigenvalue weighted by atomic mass is 16.3. The monoisotopic (exact) mass is 256 g/mol. The quantitative estimate of drug-likeness (QED) is 0.896. The Hall–Kier alpha value is -1.35. The number of oxazole rings is 1. The van der Waals surface area contributed by atoms with E-state index in [1.54, 1.807) is 0 Å². The average molecular weight is 256 g/mol. The van der Waals surface area contributed by atoms with Crippen LogP contribution in [0.25, 0.3) is 11.1 Å². The Morgan fingerprint density at radius 3 is 2.84 bits per heavy atom. The molecule has 0 aliphatic carbocycles. The predicted molar refractivity (Wildman–Crippen MR) is 75.1 cm³/mol. The molecule has 2 aliphatic rings. The van der Waals surface area contributed by atoms with Gasteiger partial charge in [0.1, 0.15) is 5.52 Å². The highest BCUT2D eigenvalue weighted by Crippen LogP contribution is 2.33. The van der Waals surface area contributed by atoms with Crippen molar-refractivity contribution in [1.29, 1.82) is 0 Å². The van der Waals surface area contributed by atoms with E-state index in [4.69, 9.17) is 4.42 Å². The van der Waals surface area contributed by atoms with Crippen molar-refractivity contribution in [2.75, 3.05) is 0 Å². The molecular formula is C16H20N2O. The minimum Gasteiger partial charge on any atom is -0.441 e. The fourth-order valence-electron chi connectivity index (χ4n) is 3.76. The van der Waals surface area contributed by atoms with E-state index in [1.165, 1.54) is 31.2 Å². The van der Waals surface area contributed by atoms with Crippen LogP contribution in [-0.2, 0) is 6.42 Å². The lowest BCUT2D eigenvalue weighted by Gasteiger charge is -2.28. The molecule has 2 atom stereocenters. The van der Waals surface area contributed by atoms with Gasteiger partial charge in [-0.2, -0.15) is 0 Å². The smallest absolute Gasteiger partial charge is 0.195 e. The molecule has 0 amide bonds. The Labute approximate surface area is 113 Å². The van der Waals surface area contributed by atoms with Crippen molar-refractivity contribution in [2.45, 2.75) is 51.1 Å². The second-order valence-electron chi connectivity index (χ2n) is 6.26. The topological polar surface area (TPSA) is 38.1 Å². The number of aryl methyl sites for hydroxylation is 1. The molecule has 3 heterocycles. The van der Waals surface area contributed by atoms with Gasteiger partial charge in [-0.3, -0.25) is 0 Å². The lowest BCUT2D eigenvalue weighted by atomic mass is 9.90. The third-order valence-corrected chi connectivity index (χ3v) is 4.62. The van der Waals surface area contributed by atoms with Gasteiger partial charge in [0.15, 0.2) is 11.5 Å². The molecule has 0 spiro atoms. The first-order chi connectivity index (χ1) is 9.26. The average Bonchev–Trinajstić information content (AvgIpc) is 2.92. The van der Waals surface area contributed by atoms with Gasteiger partial charge in [0.25, 0.3) is 0 Å². The minimum absolute atomic E-state index is 0.743. The van der Waals surface area contributed by atoms with Gasteiger partial charge in [0.05, 0.1) is 0 Å². The number of hydrogen-bond donors (Lipinski definition) is 1. The first-order valence-corrected chi connectivity index (χ1v) is 7.38. The first-order valence-electron chi connectivity index (χ1n) is 7.38. The summed E-state index contributed by atoms with van der Waals surface area (Å²) in [5.74, 6) is 1.67. The number of rotatable bonds is 2. The van der Waals surface area contributed by atoms with E-state index < -0.39 is 0 Å². The molecule has 2 saturated heterocycles. The summed E-state index contributed by atoms with van der Waals surface area (Å²) in [6, 6.07) is 7.73. The number of hydrogen-bond acceptors (Lipinski definition) is 3.